The molecule has 0 radical (unpaired) electrons. The van der Waals surface area contributed by atoms with E-state index in [1.54, 1.807) is 12.4 Å². The predicted octanol–water partition coefficient (Wildman–Crippen LogP) is 5.06. The van der Waals surface area contributed by atoms with Gasteiger partial charge in [0.2, 0.25) is 0 Å². The molecule has 1 unspecified atom stereocenters. The molecule has 1 saturated heterocycles. The van der Waals surface area contributed by atoms with Crippen LogP contribution in [0.1, 0.15) is 32.7 Å². The number of hydrogen-bond acceptors (Lipinski definition) is 5. The first-order valence-electron chi connectivity index (χ1n) is 8.76. The van der Waals surface area contributed by atoms with Crippen molar-refractivity contribution in [1.29, 1.82) is 0 Å². The molecule has 3 aromatic rings. The van der Waals surface area contributed by atoms with Crippen molar-refractivity contribution in [2.24, 2.45) is 0 Å². The fraction of sp³-hybridized carbons (Fsp3) is 0.368. The van der Waals surface area contributed by atoms with Crippen LogP contribution in [0.25, 0.3) is 23.0 Å². The lowest BCUT2D eigenvalue weighted by atomic mass is 9.94. The smallest absolute Gasteiger partial charge is 0.200 e. The van der Waals surface area contributed by atoms with Gasteiger partial charge in [0.1, 0.15) is 11.4 Å². The summed E-state index contributed by atoms with van der Waals surface area (Å²) in [5, 5.41) is 4.83. The molecule has 1 atom stereocenters. The van der Waals surface area contributed by atoms with E-state index in [1.807, 2.05) is 28.9 Å². The second-order valence-electron chi connectivity index (χ2n) is 7.15. The largest absolute Gasteiger partial charge is 0.375 e. The zero-order valence-corrected chi connectivity index (χ0v) is 18.2. The van der Waals surface area contributed by atoms with E-state index < -0.39 is 0 Å². The first kappa shape index (κ1) is 18.7. The highest BCUT2D eigenvalue weighted by Gasteiger charge is 2.33. The van der Waals surface area contributed by atoms with Crippen LogP contribution in [0.2, 0.25) is 0 Å². The lowest BCUT2D eigenvalue weighted by Gasteiger charge is -2.35. The molecule has 140 valence electrons. The minimum Gasteiger partial charge on any atom is -0.375 e. The summed E-state index contributed by atoms with van der Waals surface area (Å²) in [7, 11) is 0. The molecule has 0 N–H and O–H groups in total. The van der Waals surface area contributed by atoms with E-state index >= 15 is 0 Å². The van der Waals surface area contributed by atoms with E-state index in [0.717, 1.165) is 39.0 Å². The third-order valence-corrected chi connectivity index (χ3v) is 5.68. The van der Waals surface area contributed by atoms with E-state index in [0.29, 0.717) is 12.4 Å². The molecule has 4 rings (SSSR count). The molecule has 0 bridgehead atoms. The van der Waals surface area contributed by atoms with Gasteiger partial charge >= 0.3 is 0 Å². The van der Waals surface area contributed by atoms with Crippen LogP contribution < -0.4 is 0 Å². The molecule has 0 aliphatic carbocycles. The number of nitrogens with zero attached hydrogens (tertiary/aromatic N) is 5. The molecule has 6 nitrogen and oxygen atoms in total. The van der Waals surface area contributed by atoms with Gasteiger partial charge in [-0.05, 0) is 82.8 Å². The van der Waals surface area contributed by atoms with Gasteiger partial charge in [0.15, 0.2) is 11.6 Å². The number of halogens is 2. The van der Waals surface area contributed by atoms with Gasteiger partial charge in [-0.2, -0.15) is 0 Å². The van der Waals surface area contributed by atoms with E-state index in [1.165, 1.54) is 0 Å². The molecular weight excluding hydrogens is 474 g/mol. The van der Waals surface area contributed by atoms with E-state index in [4.69, 9.17) is 14.8 Å². The molecule has 1 fully saturated rings. The van der Waals surface area contributed by atoms with Crippen LogP contribution >= 0.6 is 31.9 Å². The Morgan fingerprint density at radius 3 is 2.74 bits per heavy atom. The highest BCUT2D eigenvalue weighted by atomic mass is 79.9. The molecule has 8 heteroatoms. The summed E-state index contributed by atoms with van der Waals surface area (Å²) in [6.07, 6.45) is 5.27. The van der Waals surface area contributed by atoms with Gasteiger partial charge in [-0.3, -0.25) is 9.97 Å². The van der Waals surface area contributed by atoms with Crippen molar-refractivity contribution in [3.63, 3.8) is 0 Å². The average molecular weight is 493 g/mol. The zero-order chi connectivity index (χ0) is 19.0. The fourth-order valence-electron chi connectivity index (χ4n) is 3.31. The van der Waals surface area contributed by atoms with Crippen LogP contribution in [0.4, 0.5) is 0 Å². The monoisotopic (exact) mass is 491 g/mol. The van der Waals surface area contributed by atoms with Crippen LogP contribution in [-0.2, 0) is 4.74 Å². The summed E-state index contributed by atoms with van der Waals surface area (Å²) in [4.78, 5) is 13.8. The van der Waals surface area contributed by atoms with Crippen LogP contribution in [0, 0.1) is 0 Å². The summed E-state index contributed by atoms with van der Waals surface area (Å²) < 4.78 is 9.69. The Bertz CT molecular complexity index is 955. The molecule has 0 spiro atoms. The van der Waals surface area contributed by atoms with Gasteiger partial charge in [-0.25, -0.2) is 9.67 Å². The molecule has 0 saturated carbocycles. The minimum absolute atomic E-state index is 0.189. The van der Waals surface area contributed by atoms with Gasteiger partial charge in [-0.15, -0.1) is 5.10 Å². The summed E-state index contributed by atoms with van der Waals surface area (Å²) in [6, 6.07) is 7.90. The SMILES string of the molecule is CC1(C)CC(n2nc(-c3ccc(Br)cn3)nc2-c2ncccc2Br)CCO1. The molecule has 0 aromatic carbocycles. The Labute approximate surface area is 174 Å². The van der Waals surface area contributed by atoms with Crippen LogP contribution in [0.15, 0.2) is 45.6 Å². The number of pyridine rings is 2. The summed E-state index contributed by atoms with van der Waals surface area (Å²) in [6.45, 7) is 4.93. The highest BCUT2D eigenvalue weighted by molar-refractivity contribution is 9.10. The summed E-state index contributed by atoms with van der Waals surface area (Å²) in [5.41, 5.74) is 1.32. The van der Waals surface area contributed by atoms with Gasteiger partial charge in [-0.1, -0.05) is 0 Å². The molecular formula is C19H19Br2N5O. The Morgan fingerprint density at radius 2 is 2.04 bits per heavy atom. The van der Waals surface area contributed by atoms with Crippen LogP contribution in [0.3, 0.4) is 0 Å². The third-order valence-electron chi connectivity index (χ3n) is 4.57. The molecule has 3 aromatic heterocycles. The van der Waals surface area contributed by atoms with Crippen LogP contribution in [-0.4, -0.2) is 36.9 Å². The predicted molar refractivity (Wildman–Crippen MR) is 110 cm³/mol. The van der Waals surface area contributed by atoms with E-state index in [-0.39, 0.29) is 11.6 Å². The quantitative estimate of drug-likeness (QED) is 0.511. The second-order valence-corrected chi connectivity index (χ2v) is 8.92. The van der Waals surface area contributed by atoms with Crippen molar-refractivity contribution in [2.75, 3.05) is 6.61 Å². The molecule has 1 aliphatic rings. The van der Waals surface area contributed by atoms with Crippen molar-refractivity contribution in [2.45, 2.75) is 38.3 Å². The summed E-state index contributed by atoms with van der Waals surface area (Å²) in [5.74, 6) is 1.34. The number of ether oxygens (including phenoxy) is 1. The van der Waals surface area contributed by atoms with Gasteiger partial charge in [0.05, 0.1) is 11.6 Å². The van der Waals surface area contributed by atoms with Gasteiger partial charge < -0.3 is 4.74 Å². The lowest BCUT2D eigenvalue weighted by Crippen LogP contribution is -2.35. The standard InChI is InChI=1S/C19H19Br2N5O/c1-19(2)10-13(7-9-27-19)26-18(16-14(21)4-3-8-22-16)24-17(25-26)15-6-5-12(20)11-23-15/h3-6,8,11,13H,7,9-10H2,1-2H3. The maximum Gasteiger partial charge on any atom is 0.200 e. The zero-order valence-electron chi connectivity index (χ0n) is 15.1. The Hall–Kier alpha value is -1.64. The van der Waals surface area contributed by atoms with Crippen molar-refractivity contribution < 1.29 is 4.74 Å². The van der Waals surface area contributed by atoms with Crippen molar-refractivity contribution >= 4 is 31.9 Å². The Kier molecular flexibility index (Phi) is 5.13. The topological polar surface area (TPSA) is 65.7 Å². The Balaban J connectivity index is 1.83. The molecule has 0 amide bonds. The van der Waals surface area contributed by atoms with Crippen molar-refractivity contribution in [1.82, 2.24) is 24.7 Å². The maximum absolute atomic E-state index is 5.89. The Morgan fingerprint density at radius 1 is 1.19 bits per heavy atom. The molecule has 1 aliphatic heterocycles. The fourth-order valence-corrected chi connectivity index (χ4v) is 3.98. The minimum atomic E-state index is -0.191. The molecule has 27 heavy (non-hydrogen) atoms. The van der Waals surface area contributed by atoms with Crippen LogP contribution in [0.5, 0.6) is 0 Å². The summed E-state index contributed by atoms with van der Waals surface area (Å²) >= 11 is 7.02. The first-order valence-corrected chi connectivity index (χ1v) is 10.3. The second kappa shape index (κ2) is 7.41. The van der Waals surface area contributed by atoms with Crippen molar-refractivity contribution in [3.05, 3.63) is 45.6 Å². The lowest BCUT2D eigenvalue weighted by molar-refractivity contribution is -0.0705. The maximum atomic E-state index is 5.89. The highest BCUT2D eigenvalue weighted by Crippen LogP contribution is 2.36. The van der Waals surface area contributed by atoms with Crippen molar-refractivity contribution in [3.8, 4) is 23.0 Å². The number of aromatic nitrogens is 5. The molecule has 4 heterocycles. The van der Waals surface area contributed by atoms with E-state index in [9.17, 15) is 0 Å². The average Bonchev–Trinajstić information content (AvgIpc) is 3.07. The van der Waals surface area contributed by atoms with E-state index in [2.05, 4.69) is 55.7 Å². The number of rotatable bonds is 3. The first-order chi connectivity index (χ1) is 12.9. The third kappa shape index (κ3) is 3.97. The van der Waals surface area contributed by atoms with Gasteiger partial charge in [0, 0.05) is 27.9 Å². The number of hydrogen-bond donors (Lipinski definition) is 0. The van der Waals surface area contributed by atoms with Gasteiger partial charge in [0.25, 0.3) is 0 Å². The normalized spacial score (nSPS) is 19.2.